The molecule has 0 radical (unpaired) electrons. The zero-order valence-electron chi connectivity index (χ0n) is 12.6. The lowest BCUT2D eigenvalue weighted by Crippen LogP contribution is -2.62. The van der Waals surface area contributed by atoms with Crippen molar-refractivity contribution in [3.8, 4) is 0 Å². The maximum atomic E-state index is 12.6. The minimum atomic E-state index is 0.134. The predicted molar refractivity (Wildman–Crippen MR) is 80.1 cm³/mol. The van der Waals surface area contributed by atoms with E-state index in [4.69, 9.17) is 4.74 Å². The van der Waals surface area contributed by atoms with Crippen molar-refractivity contribution in [1.29, 1.82) is 0 Å². The summed E-state index contributed by atoms with van der Waals surface area (Å²) in [5.74, 6) is 0.134. The Kier molecular flexibility index (Phi) is 4.51. The Hall–Kier alpha value is -1.46. The Balaban J connectivity index is 1.66. The van der Waals surface area contributed by atoms with E-state index in [0.29, 0.717) is 12.1 Å². The summed E-state index contributed by atoms with van der Waals surface area (Å²) in [6.45, 7) is 3.63. The molecule has 1 aromatic heterocycles. The van der Waals surface area contributed by atoms with E-state index < -0.39 is 0 Å². The Morgan fingerprint density at radius 1 is 1.33 bits per heavy atom. The maximum Gasteiger partial charge on any atom is 0.254 e. The first kappa shape index (κ1) is 14.5. The molecule has 0 aromatic carbocycles. The van der Waals surface area contributed by atoms with Crippen molar-refractivity contribution in [2.45, 2.75) is 31.3 Å². The average Bonchev–Trinajstić information content (AvgIpc) is 2.50. The molecule has 2 atom stereocenters. The van der Waals surface area contributed by atoms with Crippen molar-refractivity contribution >= 4 is 5.91 Å². The zero-order valence-corrected chi connectivity index (χ0v) is 12.6. The van der Waals surface area contributed by atoms with Gasteiger partial charge in [-0.25, -0.2) is 0 Å². The van der Waals surface area contributed by atoms with Gasteiger partial charge < -0.3 is 9.64 Å². The molecule has 0 saturated carbocycles. The number of hydrogen-bond acceptors (Lipinski definition) is 4. The Labute approximate surface area is 125 Å². The van der Waals surface area contributed by atoms with E-state index in [1.807, 2.05) is 4.90 Å². The summed E-state index contributed by atoms with van der Waals surface area (Å²) in [6, 6.07) is 4.63. The molecular formula is C16H23N3O2. The molecule has 2 aliphatic rings. The van der Waals surface area contributed by atoms with Gasteiger partial charge in [-0.1, -0.05) is 0 Å². The molecule has 5 heteroatoms. The molecule has 1 aromatic rings. The predicted octanol–water partition coefficient (Wildman–Crippen LogP) is 1.41. The van der Waals surface area contributed by atoms with Crippen LogP contribution in [-0.4, -0.2) is 66.1 Å². The second-order valence-electron chi connectivity index (χ2n) is 5.93. The van der Waals surface area contributed by atoms with Gasteiger partial charge in [-0.2, -0.15) is 0 Å². The molecule has 3 rings (SSSR count). The summed E-state index contributed by atoms with van der Waals surface area (Å²) in [5, 5.41) is 0. The molecule has 2 aliphatic heterocycles. The average molecular weight is 289 g/mol. The number of carbonyl (C=O) groups excluding carboxylic acids is 1. The molecule has 0 unspecified atom stereocenters. The lowest BCUT2D eigenvalue weighted by atomic mass is 9.91. The largest absolute Gasteiger partial charge is 0.383 e. The summed E-state index contributed by atoms with van der Waals surface area (Å²) in [5.41, 5.74) is 0.741. The van der Waals surface area contributed by atoms with E-state index >= 15 is 0 Å². The van der Waals surface area contributed by atoms with Gasteiger partial charge in [0.1, 0.15) is 0 Å². The van der Waals surface area contributed by atoms with Crippen LogP contribution in [0.15, 0.2) is 24.5 Å². The van der Waals surface area contributed by atoms with Crippen LogP contribution < -0.4 is 0 Å². The van der Waals surface area contributed by atoms with Crippen LogP contribution in [0.25, 0.3) is 0 Å². The van der Waals surface area contributed by atoms with Crippen LogP contribution in [0.5, 0.6) is 0 Å². The Morgan fingerprint density at radius 3 is 2.86 bits per heavy atom. The lowest BCUT2D eigenvalue weighted by Gasteiger charge is -2.51. The molecule has 2 saturated heterocycles. The number of aromatic nitrogens is 1. The highest BCUT2D eigenvalue weighted by molar-refractivity contribution is 5.94. The van der Waals surface area contributed by atoms with Crippen molar-refractivity contribution in [1.82, 2.24) is 14.8 Å². The van der Waals surface area contributed by atoms with Crippen molar-refractivity contribution in [3.05, 3.63) is 30.1 Å². The van der Waals surface area contributed by atoms with Crippen LogP contribution in [0, 0.1) is 0 Å². The summed E-state index contributed by atoms with van der Waals surface area (Å²) in [7, 11) is 1.76. The van der Waals surface area contributed by atoms with Crippen LogP contribution >= 0.6 is 0 Å². The standard InChI is InChI=1S/C16H23N3O2/c1-21-12-15-10-14-11-18(8-2-3-9-19(14)15)16(20)13-4-6-17-7-5-13/h4-7,14-15H,2-3,8-12H2,1H3/t14-,15+/m1/s1. The lowest BCUT2D eigenvalue weighted by molar-refractivity contribution is -0.0458. The smallest absolute Gasteiger partial charge is 0.254 e. The van der Waals surface area contributed by atoms with Gasteiger partial charge in [0.15, 0.2) is 0 Å². The topological polar surface area (TPSA) is 45.7 Å². The fraction of sp³-hybridized carbons (Fsp3) is 0.625. The monoisotopic (exact) mass is 289 g/mol. The van der Waals surface area contributed by atoms with E-state index in [-0.39, 0.29) is 5.91 Å². The molecule has 0 bridgehead atoms. The van der Waals surface area contributed by atoms with Gasteiger partial charge in [0, 0.05) is 50.2 Å². The van der Waals surface area contributed by atoms with Crippen molar-refractivity contribution in [3.63, 3.8) is 0 Å². The summed E-state index contributed by atoms with van der Waals surface area (Å²) in [4.78, 5) is 21.1. The Morgan fingerprint density at radius 2 is 2.10 bits per heavy atom. The number of nitrogens with zero attached hydrogens (tertiary/aromatic N) is 3. The zero-order chi connectivity index (χ0) is 14.7. The molecular weight excluding hydrogens is 266 g/mol. The van der Waals surface area contributed by atoms with Gasteiger partial charge in [-0.15, -0.1) is 0 Å². The summed E-state index contributed by atoms with van der Waals surface area (Å²) >= 11 is 0. The number of hydrogen-bond donors (Lipinski definition) is 0. The second kappa shape index (κ2) is 6.54. The first-order valence-corrected chi connectivity index (χ1v) is 7.73. The SMILES string of the molecule is COC[C@@H]1C[C@@H]2CN(C(=O)c3ccncc3)CCCCN12. The number of pyridine rings is 1. The number of ether oxygens (including phenoxy) is 1. The van der Waals surface area contributed by atoms with Crippen molar-refractivity contribution in [2.75, 3.05) is 33.4 Å². The fourth-order valence-electron chi connectivity index (χ4n) is 3.45. The van der Waals surface area contributed by atoms with E-state index in [1.165, 1.54) is 0 Å². The third-order valence-corrected chi connectivity index (χ3v) is 4.58. The third-order valence-electron chi connectivity index (χ3n) is 4.58. The van der Waals surface area contributed by atoms with Gasteiger partial charge in [-0.3, -0.25) is 14.7 Å². The van der Waals surface area contributed by atoms with Crippen molar-refractivity contribution < 1.29 is 9.53 Å². The highest BCUT2D eigenvalue weighted by atomic mass is 16.5. The van der Waals surface area contributed by atoms with Crippen molar-refractivity contribution in [2.24, 2.45) is 0 Å². The van der Waals surface area contributed by atoms with Crippen LogP contribution in [0.2, 0.25) is 0 Å². The van der Waals surface area contributed by atoms with Crippen LogP contribution in [-0.2, 0) is 4.74 Å². The molecule has 21 heavy (non-hydrogen) atoms. The number of amides is 1. The number of fused-ring (bicyclic) bond motifs is 1. The van der Waals surface area contributed by atoms with Crippen LogP contribution in [0.3, 0.4) is 0 Å². The van der Waals surface area contributed by atoms with Gasteiger partial charge in [0.05, 0.1) is 6.61 Å². The molecule has 1 amide bonds. The summed E-state index contributed by atoms with van der Waals surface area (Å²) in [6.07, 6.45) is 6.72. The maximum absolute atomic E-state index is 12.6. The quantitative estimate of drug-likeness (QED) is 0.844. The van der Waals surface area contributed by atoms with E-state index in [9.17, 15) is 4.79 Å². The molecule has 5 nitrogen and oxygen atoms in total. The first-order valence-electron chi connectivity index (χ1n) is 7.73. The van der Waals surface area contributed by atoms with E-state index in [1.54, 1.807) is 31.6 Å². The molecule has 0 aliphatic carbocycles. The third kappa shape index (κ3) is 3.09. The molecule has 0 N–H and O–H groups in total. The molecule has 2 fully saturated rings. The summed E-state index contributed by atoms with van der Waals surface area (Å²) < 4.78 is 5.28. The van der Waals surface area contributed by atoms with Crippen LogP contribution in [0.1, 0.15) is 29.6 Å². The number of rotatable bonds is 3. The minimum Gasteiger partial charge on any atom is -0.383 e. The fourth-order valence-corrected chi connectivity index (χ4v) is 3.45. The molecule has 3 heterocycles. The van der Waals surface area contributed by atoms with Gasteiger partial charge >= 0.3 is 0 Å². The highest BCUT2D eigenvalue weighted by Crippen LogP contribution is 2.29. The second-order valence-corrected chi connectivity index (χ2v) is 5.93. The van der Waals surface area contributed by atoms with E-state index in [0.717, 1.165) is 51.1 Å². The molecule has 114 valence electrons. The first-order chi connectivity index (χ1) is 10.3. The van der Waals surface area contributed by atoms with Crippen LogP contribution in [0.4, 0.5) is 0 Å². The van der Waals surface area contributed by atoms with E-state index in [2.05, 4.69) is 9.88 Å². The number of carbonyl (C=O) groups is 1. The molecule has 0 spiro atoms. The normalized spacial score (nSPS) is 26.4. The van der Waals surface area contributed by atoms with Gasteiger partial charge in [0.25, 0.3) is 5.91 Å². The Bertz CT molecular complexity index is 480. The number of methoxy groups -OCH3 is 1. The highest BCUT2D eigenvalue weighted by Gasteiger charge is 2.40. The van der Waals surface area contributed by atoms with Gasteiger partial charge in [-0.05, 0) is 37.9 Å². The minimum absolute atomic E-state index is 0.134. The van der Waals surface area contributed by atoms with Gasteiger partial charge in [0.2, 0.25) is 0 Å².